The Morgan fingerprint density at radius 1 is 1.03 bits per heavy atom. The number of carbonyl (C=O) groups is 2. The zero-order valence-electron chi connectivity index (χ0n) is 20.4. The molecule has 3 rings (SSSR count). The van der Waals surface area contributed by atoms with Crippen LogP contribution >= 0.6 is 0 Å². The van der Waals surface area contributed by atoms with Crippen LogP contribution in [0.25, 0.3) is 0 Å². The summed E-state index contributed by atoms with van der Waals surface area (Å²) in [7, 11) is 1.65. The summed E-state index contributed by atoms with van der Waals surface area (Å²) in [6.07, 6.45) is -0.254. The first-order chi connectivity index (χ1) is 16.2. The Morgan fingerprint density at radius 3 is 2.26 bits per heavy atom. The maximum atomic E-state index is 12.7. The number of amides is 2. The molecule has 0 bridgehead atoms. The largest absolute Gasteiger partial charge is 0.497 e. The van der Waals surface area contributed by atoms with Gasteiger partial charge in [0.2, 0.25) is 5.91 Å². The molecule has 2 aromatic carbocycles. The molecule has 1 atom stereocenters. The lowest BCUT2D eigenvalue weighted by Crippen LogP contribution is -2.44. The van der Waals surface area contributed by atoms with E-state index in [2.05, 4.69) is 15.5 Å². The van der Waals surface area contributed by atoms with E-state index in [0.29, 0.717) is 25.4 Å². The van der Waals surface area contributed by atoms with Gasteiger partial charge >= 0.3 is 6.09 Å². The van der Waals surface area contributed by atoms with Gasteiger partial charge in [-0.05, 0) is 56.2 Å². The summed E-state index contributed by atoms with van der Waals surface area (Å²) in [4.78, 5) is 26.9. The molecule has 1 unspecified atom stereocenters. The first-order valence-electron chi connectivity index (χ1n) is 11.5. The number of hydrogen-bond donors (Lipinski definition) is 2. The Morgan fingerprint density at radius 2 is 1.68 bits per heavy atom. The van der Waals surface area contributed by atoms with Crippen molar-refractivity contribution in [2.24, 2.45) is 0 Å². The first-order valence-corrected chi connectivity index (χ1v) is 11.5. The van der Waals surface area contributed by atoms with Gasteiger partial charge in [-0.2, -0.15) is 0 Å². The SMILES string of the molecule is COc1ccc(C(CNC(=O)Cc2ccc(NC(=O)OC(C)(C)C)cc2)N2CCOCC2)cc1. The molecule has 2 amide bonds. The third-order valence-corrected chi connectivity index (χ3v) is 5.44. The van der Waals surface area contributed by atoms with Crippen molar-refractivity contribution in [3.05, 3.63) is 59.7 Å². The zero-order chi connectivity index (χ0) is 24.6. The van der Waals surface area contributed by atoms with Crippen molar-refractivity contribution in [1.29, 1.82) is 0 Å². The number of ether oxygens (including phenoxy) is 3. The predicted molar refractivity (Wildman–Crippen MR) is 131 cm³/mol. The standard InChI is InChI=1S/C26H35N3O5/c1-26(2,3)34-25(31)28-21-9-5-19(6-10-21)17-24(30)27-18-23(29-13-15-33-16-14-29)20-7-11-22(32-4)12-8-20/h5-12,23H,13-18H2,1-4H3,(H,27,30)(H,28,31). The topological polar surface area (TPSA) is 89.1 Å². The number of rotatable bonds is 8. The van der Waals surface area contributed by atoms with Crippen molar-refractivity contribution in [3.8, 4) is 5.75 Å². The molecule has 2 N–H and O–H groups in total. The highest BCUT2D eigenvalue weighted by Crippen LogP contribution is 2.24. The molecule has 1 fully saturated rings. The van der Waals surface area contributed by atoms with Crippen LogP contribution in [-0.4, -0.2) is 62.5 Å². The molecule has 0 radical (unpaired) electrons. The lowest BCUT2D eigenvalue weighted by Gasteiger charge is -2.35. The van der Waals surface area contributed by atoms with Crippen LogP contribution in [0.2, 0.25) is 0 Å². The molecule has 8 heteroatoms. The smallest absolute Gasteiger partial charge is 0.412 e. The summed E-state index contributed by atoms with van der Waals surface area (Å²) in [5.74, 6) is 0.748. The lowest BCUT2D eigenvalue weighted by molar-refractivity contribution is -0.120. The normalized spacial score (nSPS) is 15.3. The second-order valence-corrected chi connectivity index (χ2v) is 9.24. The average Bonchev–Trinajstić information content (AvgIpc) is 2.80. The molecule has 1 aliphatic heterocycles. The number of carbonyl (C=O) groups excluding carboxylic acids is 2. The van der Waals surface area contributed by atoms with Crippen LogP contribution in [0.5, 0.6) is 5.75 Å². The van der Waals surface area contributed by atoms with Crippen LogP contribution in [0, 0.1) is 0 Å². The summed E-state index contributed by atoms with van der Waals surface area (Å²) >= 11 is 0. The second kappa shape index (κ2) is 11.9. The molecule has 1 saturated heterocycles. The van der Waals surface area contributed by atoms with Crippen LogP contribution < -0.4 is 15.4 Å². The van der Waals surface area contributed by atoms with Crippen molar-refractivity contribution in [2.75, 3.05) is 45.3 Å². The van der Waals surface area contributed by atoms with Gasteiger partial charge in [-0.15, -0.1) is 0 Å². The highest BCUT2D eigenvalue weighted by Gasteiger charge is 2.23. The fourth-order valence-electron chi connectivity index (χ4n) is 3.76. The molecule has 0 aromatic heterocycles. The van der Waals surface area contributed by atoms with E-state index in [4.69, 9.17) is 14.2 Å². The third-order valence-electron chi connectivity index (χ3n) is 5.44. The quantitative estimate of drug-likeness (QED) is 0.612. The number of nitrogens with zero attached hydrogens (tertiary/aromatic N) is 1. The Kier molecular flexibility index (Phi) is 8.90. The number of benzene rings is 2. The van der Waals surface area contributed by atoms with Gasteiger partial charge in [0.05, 0.1) is 32.8 Å². The fourth-order valence-corrected chi connectivity index (χ4v) is 3.76. The number of methoxy groups -OCH3 is 1. The fraction of sp³-hybridized carbons (Fsp3) is 0.462. The molecule has 0 spiro atoms. The van der Waals surface area contributed by atoms with E-state index >= 15 is 0 Å². The number of morpholine rings is 1. The Labute approximate surface area is 201 Å². The van der Waals surface area contributed by atoms with E-state index in [0.717, 1.165) is 30.0 Å². The molecule has 0 aliphatic carbocycles. The summed E-state index contributed by atoms with van der Waals surface area (Å²) in [6, 6.07) is 15.2. The Hall–Kier alpha value is -3.10. The summed E-state index contributed by atoms with van der Waals surface area (Å²) in [6.45, 7) is 8.95. The van der Waals surface area contributed by atoms with Gasteiger partial charge in [0, 0.05) is 25.3 Å². The van der Waals surface area contributed by atoms with E-state index in [1.54, 1.807) is 19.2 Å². The Balaban J connectivity index is 1.56. The zero-order valence-corrected chi connectivity index (χ0v) is 20.4. The second-order valence-electron chi connectivity index (χ2n) is 9.24. The van der Waals surface area contributed by atoms with Gasteiger partial charge in [0.15, 0.2) is 0 Å². The van der Waals surface area contributed by atoms with Crippen LogP contribution in [0.4, 0.5) is 10.5 Å². The summed E-state index contributed by atoms with van der Waals surface area (Å²) in [5, 5.41) is 5.78. The van der Waals surface area contributed by atoms with Crippen molar-refractivity contribution in [3.63, 3.8) is 0 Å². The minimum Gasteiger partial charge on any atom is -0.497 e. The molecular weight excluding hydrogens is 434 g/mol. The van der Waals surface area contributed by atoms with E-state index in [-0.39, 0.29) is 18.4 Å². The molecule has 2 aromatic rings. The van der Waals surface area contributed by atoms with Crippen LogP contribution in [0.3, 0.4) is 0 Å². The van der Waals surface area contributed by atoms with Crippen LogP contribution in [0.1, 0.15) is 37.9 Å². The average molecular weight is 470 g/mol. The van der Waals surface area contributed by atoms with Crippen molar-refractivity contribution >= 4 is 17.7 Å². The van der Waals surface area contributed by atoms with Crippen LogP contribution in [-0.2, 0) is 20.7 Å². The number of nitrogens with one attached hydrogen (secondary N) is 2. The highest BCUT2D eigenvalue weighted by molar-refractivity contribution is 5.85. The highest BCUT2D eigenvalue weighted by atomic mass is 16.6. The third kappa shape index (κ3) is 8.04. The van der Waals surface area contributed by atoms with E-state index < -0.39 is 11.7 Å². The van der Waals surface area contributed by atoms with Crippen LogP contribution in [0.15, 0.2) is 48.5 Å². The van der Waals surface area contributed by atoms with Crippen molar-refractivity contribution < 1.29 is 23.8 Å². The maximum absolute atomic E-state index is 12.7. The Bertz CT molecular complexity index is 932. The minimum absolute atomic E-state index is 0.0548. The van der Waals surface area contributed by atoms with Gasteiger partial charge in [0.25, 0.3) is 0 Å². The van der Waals surface area contributed by atoms with Gasteiger partial charge in [0.1, 0.15) is 11.4 Å². The minimum atomic E-state index is -0.562. The van der Waals surface area contributed by atoms with Crippen molar-refractivity contribution in [2.45, 2.75) is 38.8 Å². The molecule has 1 aliphatic rings. The monoisotopic (exact) mass is 469 g/mol. The number of anilines is 1. The first kappa shape index (κ1) is 25.5. The summed E-state index contributed by atoms with van der Waals surface area (Å²) < 4.78 is 16.0. The predicted octanol–water partition coefficient (Wildman–Crippen LogP) is 3.77. The molecule has 8 nitrogen and oxygen atoms in total. The molecular formula is C26H35N3O5. The van der Waals surface area contributed by atoms with Gasteiger partial charge in [-0.3, -0.25) is 15.0 Å². The van der Waals surface area contributed by atoms with Gasteiger partial charge in [-0.25, -0.2) is 4.79 Å². The molecule has 184 valence electrons. The molecule has 34 heavy (non-hydrogen) atoms. The van der Waals surface area contributed by atoms with E-state index in [9.17, 15) is 9.59 Å². The van der Waals surface area contributed by atoms with Gasteiger partial charge in [-0.1, -0.05) is 24.3 Å². The maximum Gasteiger partial charge on any atom is 0.412 e. The molecule has 1 heterocycles. The lowest BCUT2D eigenvalue weighted by atomic mass is 10.0. The van der Waals surface area contributed by atoms with Crippen molar-refractivity contribution in [1.82, 2.24) is 10.2 Å². The number of hydrogen-bond acceptors (Lipinski definition) is 6. The van der Waals surface area contributed by atoms with E-state index in [1.807, 2.05) is 57.2 Å². The molecule has 0 saturated carbocycles. The van der Waals surface area contributed by atoms with Gasteiger partial charge < -0.3 is 19.5 Å². The summed E-state index contributed by atoms with van der Waals surface area (Å²) in [5.41, 5.74) is 2.04. The van der Waals surface area contributed by atoms with E-state index in [1.165, 1.54) is 0 Å².